The molecule has 0 aliphatic carbocycles. The highest BCUT2D eigenvalue weighted by Gasteiger charge is 2.44. The molecule has 3 rings (SSSR count). The molecular formula is C18H19F2NO. The van der Waals surface area contributed by atoms with Gasteiger partial charge in [-0.2, -0.15) is 0 Å². The van der Waals surface area contributed by atoms with Gasteiger partial charge in [-0.25, -0.2) is 8.78 Å². The Kier molecular flexibility index (Phi) is 3.98. The fourth-order valence-electron chi connectivity index (χ4n) is 3.40. The van der Waals surface area contributed by atoms with Crippen LogP contribution in [0.5, 0.6) is 0 Å². The number of rotatable bonds is 3. The van der Waals surface area contributed by atoms with Crippen molar-refractivity contribution in [3.05, 3.63) is 71.3 Å². The van der Waals surface area contributed by atoms with Gasteiger partial charge in [0.1, 0.15) is 17.2 Å². The number of aliphatic hydroxyl groups is 1. The molecule has 0 saturated carbocycles. The summed E-state index contributed by atoms with van der Waals surface area (Å²) in [6.45, 7) is 0.898. The Balaban J connectivity index is 2.12. The quantitative estimate of drug-likeness (QED) is 0.940. The molecule has 0 spiro atoms. The van der Waals surface area contributed by atoms with Gasteiger partial charge in [-0.1, -0.05) is 24.3 Å². The first-order valence-electron chi connectivity index (χ1n) is 7.46. The largest absolute Gasteiger partial charge is 0.379 e. The van der Waals surface area contributed by atoms with Crippen LogP contribution in [0.15, 0.2) is 48.5 Å². The van der Waals surface area contributed by atoms with E-state index in [0.717, 1.165) is 19.4 Å². The van der Waals surface area contributed by atoms with Crippen molar-refractivity contribution in [2.24, 2.45) is 0 Å². The Morgan fingerprint density at radius 3 is 1.77 bits per heavy atom. The third-order valence-corrected chi connectivity index (χ3v) is 4.57. The van der Waals surface area contributed by atoms with Gasteiger partial charge >= 0.3 is 0 Å². The number of benzene rings is 2. The number of hydrogen-bond acceptors (Lipinski definition) is 2. The van der Waals surface area contributed by atoms with Crippen molar-refractivity contribution < 1.29 is 13.9 Å². The zero-order valence-electron chi connectivity index (χ0n) is 12.5. The summed E-state index contributed by atoms with van der Waals surface area (Å²) < 4.78 is 26.5. The van der Waals surface area contributed by atoms with E-state index in [1.807, 2.05) is 7.05 Å². The lowest BCUT2D eigenvalue weighted by Gasteiger charge is -2.38. The van der Waals surface area contributed by atoms with Crippen LogP contribution in [-0.2, 0) is 5.60 Å². The summed E-state index contributed by atoms with van der Waals surface area (Å²) in [4.78, 5) is 2.10. The molecule has 0 radical (unpaired) electrons. The van der Waals surface area contributed by atoms with Gasteiger partial charge in [0.25, 0.3) is 0 Å². The fourth-order valence-corrected chi connectivity index (χ4v) is 3.40. The van der Waals surface area contributed by atoms with E-state index < -0.39 is 5.60 Å². The predicted molar refractivity (Wildman–Crippen MR) is 81.5 cm³/mol. The van der Waals surface area contributed by atoms with Crippen LogP contribution in [0, 0.1) is 11.6 Å². The molecule has 0 bridgehead atoms. The molecule has 0 aromatic heterocycles. The summed E-state index contributed by atoms with van der Waals surface area (Å²) in [7, 11) is 1.97. The highest BCUT2D eigenvalue weighted by Crippen LogP contribution is 2.39. The first-order chi connectivity index (χ1) is 10.5. The second-order valence-electron chi connectivity index (χ2n) is 5.92. The second kappa shape index (κ2) is 5.78. The third-order valence-electron chi connectivity index (χ3n) is 4.57. The first-order valence-corrected chi connectivity index (χ1v) is 7.46. The minimum atomic E-state index is -1.29. The lowest BCUT2D eigenvalue weighted by molar-refractivity contribution is 0.00460. The summed E-state index contributed by atoms with van der Waals surface area (Å²) in [6, 6.07) is 11.7. The molecule has 1 aliphatic rings. The number of nitrogens with zero attached hydrogens (tertiary/aromatic N) is 1. The van der Waals surface area contributed by atoms with E-state index in [1.165, 1.54) is 24.3 Å². The van der Waals surface area contributed by atoms with E-state index in [-0.39, 0.29) is 17.7 Å². The van der Waals surface area contributed by atoms with Crippen LogP contribution >= 0.6 is 0 Å². The van der Waals surface area contributed by atoms with Gasteiger partial charge in [0.15, 0.2) is 0 Å². The molecule has 1 heterocycles. The normalized spacial score (nSPS) is 19.5. The summed E-state index contributed by atoms with van der Waals surface area (Å²) in [6.07, 6.45) is 1.83. The molecule has 0 unspecified atom stereocenters. The van der Waals surface area contributed by atoms with Crippen LogP contribution < -0.4 is 0 Å². The van der Waals surface area contributed by atoms with E-state index in [0.29, 0.717) is 11.1 Å². The summed E-state index contributed by atoms with van der Waals surface area (Å²) in [5.74, 6) is -0.685. The fraction of sp³-hybridized carbons (Fsp3) is 0.333. The lowest BCUT2D eigenvalue weighted by atomic mass is 9.79. The molecule has 4 heteroatoms. The molecule has 0 amide bonds. The monoisotopic (exact) mass is 303 g/mol. The molecule has 1 N–H and O–H groups in total. The highest BCUT2D eigenvalue weighted by atomic mass is 19.1. The molecule has 1 fully saturated rings. The van der Waals surface area contributed by atoms with Crippen molar-refractivity contribution in [1.82, 2.24) is 4.90 Å². The summed E-state index contributed by atoms with van der Waals surface area (Å²) >= 11 is 0. The smallest absolute Gasteiger partial charge is 0.130 e. The Morgan fingerprint density at radius 1 is 0.955 bits per heavy atom. The SMILES string of the molecule is CN1CCC[C@@H]1C(O)(c1ccc(F)cc1)c1ccc(F)cc1. The van der Waals surface area contributed by atoms with Crippen molar-refractivity contribution in [2.75, 3.05) is 13.6 Å². The highest BCUT2D eigenvalue weighted by molar-refractivity contribution is 5.39. The van der Waals surface area contributed by atoms with E-state index in [9.17, 15) is 13.9 Å². The predicted octanol–water partition coefficient (Wildman–Crippen LogP) is 3.29. The standard InChI is InChI=1S/C18H19F2NO/c1-21-12-2-3-17(21)18(22,13-4-8-15(19)9-5-13)14-6-10-16(20)11-7-14/h4-11,17,22H,2-3,12H2,1H3/t17-/m1/s1. The van der Waals surface area contributed by atoms with Crippen LogP contribution in [0.2, 0.25) is 0 Å². The van der Waals surface area contributed by atoms with Gasteiger partial charge in [0, 0.05) is 6.04 Å². The lowest BCUT2D eigenvalue weighted by Crippen LogP contribution is -2.46. The molecule has 22 heavy (non-hydrogen) atoms. The molecule has 2 nitrogen and oxygen atoms in total. The molecule has 1 atom stereocenters. The van der Waals surface area contributed by atoms with Crippen LogP contribution in [0.25, 0.3) is 0 Å². The molecule has 2 aromatic carbocycles. The van der Waals surface area contributed by atoms with E-state index >= 15 is 0 Å². The van der Waals surface area contributed by atoms with Gasteiger partial charge in [-0.3, -0.25) is 4.90 Å². The van der Waals surface area contributed by atoms with E-state index in [2.05, 4.69) is 4.90 Å². The van der Waals surface area contributed by atoms with E-state index in [1.54, 1.807) is 24.3 Å². The Morgan fingerprint density at radius 2 is 1.41 bits per heavy atom. The van der Waals surface area contributed by atoms with Crippen molar-refractivity contribution in [3.8, 4) is 0 Å². The molecule has 116 valence electrons. The van der Waals surface area contributed by atoms with Gasteiger partial charge < -0.3 is 5.11 Å². The second-order valence-corrected chi connectivity index (χ2v) is 5.92. The van der Waals surface area contributed by atoms with Gasteiger partial charge in [-0.15, -0.1) is 0 Å². The maximum atomic E-state index is 13.2. The van der Waals surface area contributed by atoms with Crippen molar-refractivity contribution in [1.29, 1.82) is 0 Å². The molecule has 2 aromatic rings. The van der Waals surface area contributed by atoms with E-state index in [4.69, 9.17) is 0 Å². The average Bonchev–Trinajstić information content (AvgIpc) is 2.94. The number of likely N-dealkylation sites (N-methyl/N-ethyl adjacent to an activating group) is 1. The van der Waals surface area contributed by atoms with Crippen molar-refractivity contribution >= 4 is 0 Å². The topological polar surface area (TPSA) is 23.5 Å². The number of halogens is 2. The van der Waals surface area contributed by atoms with Crippen LogP contribution in [0.3, 0.4) is 0 Å². The summed E-state index contributed by atoms with van der Waals surface area (Å²) in [5, 5.41) is 11.5. The van der Waals surface area contributed by atoms with Crippen LogP contribution in [0.4, 0.5) is 8.78 Å². The Bertz CT molecular complexity index is 594. The van der Waals surface area contributed by atoms with Gasteiger partial charge in [0.2, 0.25) is 0 Å². The Hall–Kier alpha value is -1.78. The van der Waals surface area contributed by atoms with Crippen molar-refractivity contribution in [2.45, 2.75) is 24.5 Å². The van der Waals surface area contributed by atoms with Crippen LogP contribution in [0.1, 0.15) is 24.0 Å². The maximum Gasteiger partial charge on any atom is 0.130 e. The molecule has 1 aliphatic heterocycles. The van der Waals surface area contributed by atoms with Gasteiger partial charge in [-0.05, 0) is 61.8 Å². The average molecular weight is 303 g/mol. The minimum absolute atomic E-state index is 0.122. The molecular weight excluding hydrogens is 284 g/mol. The van der Waals surface area contributed by atoms with Gasteiger partial charge in [0.05, 0.1) is 0 Å². The minimum Gasteiger partial charge on any atom is -0.379 e. The number of hydrogen-bond donors (Lipinski definition) is 1. The number of likely N-dealkylation sites (tertiary alicyclic amines) is 1. The summed E-state index contributed by atoms with van der Waals surface area (Å²) in [5.41, 5.74) is -0.0364. The maximum absolute atomic E-state index is 13.2. The Labute approximate surface area is 129 Å². The first kappa shape index (κ1) is 15.1. The molecule has 1 saturated heterocycles. The zero-order chi connectivity index (χ0) is 15.7. The van der Waals surface area contributed by atoms with Crippen LogP contribution in [-0.4, -0.2) is 29.6 Å². The third kappa shape index (κ3) is 2.53. The zero-order valence-corrected chi connectivity index (χ0v) is 12.5. The van der Waals surface area contributed by atoms with Crippen molar-refractivity contribution in [3.63, 3.8) is 0 Å².